The number of esters is 6. The van der Waals surface area contributed by atoms with Crippen LogP contribution < -0.4 is 14.9 Å². The smallest absolute Gasteiger partial charge is 0.343 e. The third-order valence-corrected chi connectivity index (χ3v) is 10.6. The Labute approximate surface area is 395 Å². The Bertz CT molecular complexity index is 2880. The second-order valence-corrected chi connectivity index (χ2v) is 15.4. The average Bonchev–Trinajstić information content (AvgIpc) is 3.79. The summed E-state index contributed by atoms with van der Waals surface area (Å²) >= 11 is 1.43. The van der Waals surface area contributed by atoms with Crippen molar-refractivity contribution in [3.8, 4) is 11.5 Å². The van der Waals surface area contributed by atoms with E-state index in [0.29, 0.717) is 47.5 Å². The molecule has 6 rings (SSSR count). The Morgan fingerprint density at radius 2 is 1.13 bits per heavy atom. The lowest BCUT2D eigenvalue weighted by Gasteiger charge is -2.10. The molecule has 0 aliphatic rings. The summed E-state index contributed by atoms with van der Waals surface area (Å²) in [5.41, 5.74) is 5.76. The Kier molecular flexibility index (Phi) is 18.2. The molecule has 0 amide bonds. The molecule has 0 aliphatic heterocycles. The summed E-state index contributed by atoms with van der Waals surface area (Å²) in [5, 5.41) is 7.05. The Morgan fingerprint density at radius 1 is 0.603 bits per heavy atom. The third kappa shape index (κ3) is 15.0. The number of hydrogen-bond donors (Lipinski definition) is 1. The number of nitrogens with zero attached hydrogens (tertiary/aromatic N) is 2. The number of thiazole rings is 1. The number of hydrogen-bond acceptors (Lipinski definition) is 16. The number of anilines is 1. The number of benzene rings is 5. The molecule has 0 radical (unpaired) electrons. The molecule has 0 unspecified atom stereocenters. The van der Waals surface area contributed by atoms with E-state index >= 15 is 0 Å². The first kappa shape index (κ1) is 48.9. The summed E-state index contributed by atoms with van der Waals surface area (Å²) in [6.45, 7) is 7.38. The molecule has 1 aromatic heterocycles. The van der Waals surface area contributed by atoms with Gasteiger partial charge < -0.3 is 28.4 Å². The molecule has 1 heterocycles. The van der Waals surface area contributed by atoms with Crippen LogP contribution in [0.25, 0.3) is 33.1 Å². The zero-order valence-electron chi connectivity index (χ0n) is 36.6. The Hall–Kier alpha value is -8.50. The fourth-order valence-electron chi connectivity index (χ4n) is 6.07. The molecule has 5 aromatic carbocycles. The minimum absolute atomic E-state index is 0.116. The van der Waals surface area contributed by atoms with Crippen molar-refractivity contribution in [3.05, 3.63) is 168 Å². The SMILES string of the molecule is C=CC(=O)OCCCCOC(=O)/C=C/c1ccc(C(=O)Oc2ccc(OC(=O)c3ccc(/C=C/C(=O)OCCCCOC(=O)C=C)cc3)c(/C=N/Nc3nc4ccc5ccccc5c4s3)c2)cc1. The number of fused-ring (bicyclic) bond motifs is 3. The van der Waals surface area contributed by atoms with Crippen molar-refractivity contribution in [1.82, 2.24) is 4.98 Å². The summed E-state index contributed by atoms with van der Waals surface area (Å²) < 4.78 is 32.6. The van der Waals surface area contributed by atoms with Crippen LogP contribution in [-0.4, -0.2) is 73.4 Å². The molecule has 346 valence electrons. The van der Waals surface area contributed by atoms with E-state index in [1.807, 2.05) is 36.4 Å². The zero-order chi connectivity index (χ0) is 48.1. The number of unbranched alkanes of at least 4 members (excludes halogenated alkanes) is 2. The number of ether oxygens (including phenoxy) is 6. The molecule has 0 bridgehead atoms. The molecular weight excluding hydrogens is 891 g/mol. The van der Waals surface area contributed by atoms with Gasteiger partial charge in [0.1, 0.15) is 11.5 Å². The van der Waals surface area contributed by atoms with Crippen LogP contribution in [0, 0.1) is 0 Å². The molecule has 0 fully saturated rings. The van der Waals surface area contributed by atoms with E-state index in [1.165, 1.54) is 47.9 Å². The first-order valence-electron chi connectivity index (χ1n) is 21.2. The van der Waals surface area contributed by atoms with E-state index in [0.717, 1.165) is 33.1 Å². The number of carbonyl (C=O) groups excluding carboxylic acids is 6. The van der Waals surface area contributed by atoms with E-state index in [-0.39, 0.29) is 49.1 Å². The molecule has 0 aliphatic carbocycles. The van der Waals surface area contributed by atoms with Gasteiger partial charge in [0.15, 0.2) is 0 Å². The molecule has 15 nitrogen and oxygen atoms in total. The lowest BCUT2D eigenvalue weighted by molar-refractivity contribution is -0.140. The van der Waals surface area contributed by atoms with E-state index < -0.39 is 35.8 Å². The van der Waals surface area contributed by atoms with Crippen molar-refractivity contribution < 1.29 is 57.2 Å². The van der Waals surface area contributed by atoms with E-state index in [2.05, 4.69) is 28.7 Å². The van der Waals surface area contributed by atoms with Gasteiger partial charge in [0.25, 0.3) is 0 Å². The Morgan fingerprint density at radius 3 is 1.69 bits per heavy atom. The maximum atomic E-state index is 13.4. The Balaban J connectivity index is 1.09. The summed E-state index contributed by atoms with van der Waals surface area (Å²) in [4.78, 5) is 77.9. The summed E-state index contributed by atoms with van der Waals surface area (Å²) in [6, 6.07) is 29.1. The van der Waals surface area contributed by atoms with Gasteiger partial charge in [-0.05, 0) is 103 Å². The first-order chi connectivity index (χ1) is 33.1. The van der Waals surface area contributed by atoms with Gasteiger partial charge in [-0.2, -0.15) is 5.10 Å². The minimum atomic E-state index is -0.685. The zero-order valence-corrected chi connectivity index (χ0v) is 37.4. The number of aromatic nitrogens is 1. The van der Waals surface area contributed by atoms with Gasteiger partial charge in [0.2, 0.25) is 5.13 Å². The van der Waals surface area contributed by atoms with Gasteiger partial charge in [-0.15, -0.1) is 0 Å². The quantitative estimate of drug-likeness (QED) is 0.0121. The van der Waals surface area contributed by atoms with Crippen molar-refractivity contribution >= 4 is 91.6 Å². The van der Waals surface area contributed by atoms with E-state index in [4.69, 9.17) is 28.4 Å². The predicted octanol–water partition coefficient (Wildman–Crippen LogP) is 9.47. The molecule has 0 spiro atoms. The van der Waals surface area contributed by atoms with Gasteiger partial charge in [-0.25, -0.2) is 33.8 Å². The molecule has 0 saturated carbocycles. The molecule has 1 N–H and O–H groups in total. The highest BCUT2D eigenvalue weighted by molar-refractivity contribution is 7.23. The number of rotatable bonds is 23. The van der Waals surface area contributed by atoms with Crippen LogP contribution in [0.1, 0.15) is 63.1 Å². The van der Waals surface area contributed by atoms with Crippen molar-refractivity contribution in [2.24, 2.45) is 5.10 Å². The van der Waals surface area contributed by atoms with Gasteiger partial charge in [0.05, 0.1) is 54.0 Å². The number of nitrogens with one attached hydrogen (secondary N) is 1. The highest BCUT2D eigenvalue weighted by Gasteiger charge is 2.16. The van der Waals surface area contributed by atoms with Gasteiger partial charge in [0, 0.05) is 35.3 Å². The van der Waals surface area contributed by atoms with Crippen molar-refractivity contribution in [3.63, 3.8) is 0 Å². The first-order valence-corrected chi connectivity index (χ1v) is 22.0. The van der Waals surface area contributed by atoms with Crippen molar-refractivity contribution in [1.29, 1.82) is 0 Å². The van der Waals surface area contributed by atoms with Gasteiger partial charge in [-0.3, -0.25) is 5.43 Å². The van der Waals surface area contributed by atoms with Crippen LogP contribution >= 0.6 is 11.3 Å². The average molecular weight is 936 g/mol. The lowest BCUT2D eigenvalue weighted by atomic mass is 10.1. The third-order valence-electron chi connectivity index (χ3n) is 9.54. The fraction of sp³-hybridized carbons (Fsp3) is 0.154. The molecule has 68 heavy (non-hydrogen) atoms. The minimum Gasteiger partial charge on any atom is -0.463 e. The molecular formula is C52H45N3O12S. The summed E-state index contributed by atoms with van der Waals surface area (Å²) in [5.74, 6) is -3.22. The number of hydrazone groups is 1. The second kappa shape index (κ2) is 25.3. The predicted molar refractivity (Wildman–Crippen MR) is 258 cm³/mol. The van der Waals surface area contributed by atoms with E-state index in [9.17, 15) is 28.8 Å². The second-order valence-electron chi connectivity index (χ2n) is 14.4. The highest BCUT2D eigenvalue weighted by Crippen LogP contribution is 2.33. The van der Waals surface area contributed by atoms with Crippen LogP contribution in [0.5, 0.6) is 11.5 Å². The van der Waals surface area contributed by atoms with Crippen LogP contribution in [0.4, 0.5) is 5.13 Å². The van der Waals surface area contributed by atoms with Gasteiger partial charge in [-0.1, -0.05) is 79.1 Å². The molecule has 16 heteroatoms. The monoisotopic (exact) mass is 935 g/mol. The fourth-order valence-corrected chi connectivity index (χ4v) is 7.02. The largest absolute Gasteiger partial charge is 0.463 e. The van der Waals surface area contributed by atoms with Crippen molar-refractivity contribution in [2.75, 3.05) is 31.9 Å². The van der Waals surface area contributed by atoms with Crippen LogP contribution in [0.15, 0.2) is 146 Å². The van der Waals surface area contributed by atoms with Crippen LogP contribution in [-0.2, 0) is 38.1 Å². The molecule has 0 saturated heterocycles. The molecule has 6 aromatic rings. The normalized spacial score (nSPS) is 11.1. The maximum Gasteiger partial charge on any atom is 0.343 e. The maximum absolute atomic E-state index is 13.4. The lowest BCUT2D eigenvalue weighted by Crippen LogP contribution is -2.11. The summed E-state index contributed by atoms with van der Waals surface area (Å²) in [7, 11) is 0. The van der Waals surface area contributed by atoms with Crippen molar-refractivity contribution in [2.45, 2.75) is 25.7 Å². The number of carbonyl (C=O) groups is 6. The standard InChI is InChI=1S/C52H45N3O12S/c1-3-45(56)62-29-7-9-31-64-47(58)27-17-35-13-19-38(20-14-35)50(60)66-41-24-26-44(40(33-41)34-53-55-52-54-43-25-23-37-11-5-6-12-42(37)49(43)68-52)67-51(61)39-21-15-36(16-22-39)18-28-48(59)65-32-10-8-30-63-46(57)4-2/h3-6,11-28,33-34H,1-2,7-10,29-32H2,(H,54,55)/b27-17+,28-18+,53-34+. The van der Waals surface area contributed by atoms with Gasteiger partial charge >= 0.3 is 35.8 Å². The van der Waals surface area contributed by atoms with E-state index in [1.54, 1.807) is 60.7 Å². The molecule has 0 atom stereocenters. The van der Waals surface area contributed by atoms with Crippen LogP contribution in [0.2, 0.25) is 0 Å². The topological polar surface area (TPSA) is 195 Å². The highest BCUT2D eigenvalue weighted by atomic mass is 32.1. The van der Waals surface area contributed by atoms with Crippen LogP contribution in [0.3, 0.4) is 0 Å². The summed E-state index contributed by atoms with van der Waals surface area (Å²) in [6.07, 6.45) is 11.3.